The summed E-state index contributed by atoms with van der Waals surface area (Å²) in [6.45, 7) is 0. The number of carbonyl (C=O) groups excluding carboxylic acids is 1. The molecule has 9 heteroatoms. The van der Waals surface area contributed by atoms with Crippen LogP contribution in [0.15, 0.2) is 46.1 Å². The Kier molecular flexibility index (Phi) is 4.06. The Morgan fingerprint density at radius 3 is 2.12 bits per heavy atom. The first-order valence-corrected chi connectivity index (χ1v) is 8.84. The standard InChI is InChI=1S/C16H12F3NO4S/c17-16(18,19)12-7-8-13(20-15(12)22)14(21)9-1-3-10(4-2-9)25(23,24)11-5-6-11/h1-4,7-8,11H,5-6H2,(H,20,22). The van der Waals surface area contributed by atoms with Gasteiger partial charge in [-0.1, -0.05) is 0 Å². The van der Waals surface area contributed by atoms with E-state index >= 15 is 0 Å². The fourth-order valence-corrected chi connectivity index (χ4v) is 4.01. The molecule has 1 saturated carbocycles. The smallest absolute Gasteiger partial charge is 0.319 e. The molecule has 0 aliphatic heterocycles. The number of benzene rings is 1. The first-order chi connectivity index (χ1) is 11.6. The summed E-state index contributed by atoms with van der Waals surface area (Å²) in [7, 11) is -3.40. The van der Waals surface area contributed by atoms with Crippen molar-refractivity contribution < 1.29 is 26.4 Å². The first kappa shape index (κ1) is 17.4. The van der Waals surface area contributed by atoms with Crippen molar-refractivity contribution in [2.45, 2.75) is 29.2 Å². The van der Waals surface area contributed by atoms with Crippen LogP contribution in [0.2, 0.25) is 0 Å². The second-order valence-electron chi connectivity index (χ2n) is 5.71. The molecule has 0 unspecified atom stereocenters. The topological polar surface area (TPSA) is 84.1 Å². The maximum absolute atomic E-state index is 12.6. The van der Waals surface area contributed by atoms with Gasteiger partial charge in [-0.15, -0.1) is 0 Å². The number of sulfone groups is 1. The van der Waals surface area contributed by atoms with Gasteiger partial charge in [-0.05, 0) is 49.2 Å². The minimum Gasteiger partial charge on any atom is -0.319 e. The number of rotatable bonds is 4. The van der Waals surface area contributed by atoms with Crippen LogP contribution in [0.1, 0.15) is 34.5 Å². The van der Waals surface area contributed by atoms with Gasteiger partial charge in [0.2, 0.25) is 5.78 Å². The third kappa shape index (κ3) is 3.37. The molecule has 0 bridgehead atoms. The van der Waals surface area contributed by atoms with Gasteiger partial charge in [0.25, 0.3) is 5.56 Å². The van der Waals surface area contributed by atoms with Crippen molar-refractivity contribution in [3.05, 3.63) is 63.6 Å². The number of halogens is 3. The average molecular weight is 371 g/mol. The highest BCUT2D eigenvalue weighted by Gasteiger charge is 2.37. The van der Waals surface area contributed by atoms with Crippen molar-refractivity contribution in [3.8, 4) is 0 Å². The number of carbonyl (C=O) groups is 1. The highest BCUT2D eigenvalue weighted by atomic mass is 32.2. The van der Waals surface area contributed by atoms with E-state index in [4.69, 9.17) is 0 Å². The molecule has 1 aromatic heterocycles. The molecule has 1 heterocycles. The second-order valence-corrected chi connectivity index (χ2v) is 7.94. The van der Waals surface area contributed by atoms with Gasteiger partial charge in [-0.3, -0.25) is 9.59 Å². The number of pyridine rings is 1. The lowest BCUT2D eigenvalue weighted by Crippen LogP contribution is -2.23. The van der Waals surface area contributed by atoms with E-state index in [0.717, 1.165) is 6.07 Å². The lowest BCUT2D eigenvalue weighted by Gasteiger charge is -2.07. The van der Waals surface area contributed by atoms with Crippen LogP contribution in [-0.4, -0.2) is 24.4 Å². The molecular formula is C16H12F3NO4S. The third-order valence-corrected chi connectivity index (χ3v) is 6.15. The first-order valence-electron chi connectivity index (χ1n) is 7.30. The van der Waals surface area contributed by atoms with Crippen LogP contribution in [0.5, 0.6) is 0 Å². The molecule has 0 spiro atoms. The summed E-state index contributed by atoms with van der Waals surface area (Å²) in [5.74, 6) is -0.707. The maximum atomic E-state index is 12.6. The number of hydrogen-bond acceptors (Lipinski definition) is 4. The van der Waals surface area contributed by atoms with Gasteiger partial charge in [0.1, 0.15) is 5.56 Å². The zero-order valence-corrected chi connectivity index (χ0v) is 13.4. The Balaban J connectivity index is 1.89. The van der Waals surface area contributed by atoms with Crippen molar-refractivity contribution in [3.63, 3.8) is 0 Å². The molecule has 5 nitrogen and oxygen atoms in total. The van der Waals surface area contributed by atoms with Crippen LogP contribution in [0.25, 0.3) is 0 Å². The minimum atomic E-state index is -4.81. The quantitative estimate of drug-likeness (QED) is 0.838. The minimum absolute atomic E-state index is 0.0603. The van der Waals surface area contributed by atoms with E-state index in [2.05, 4.69) is 0 Å². The second kappa shape index (κ2) is 5.83. The van der Waals surface area contributed by atoms with Gasteiger partial charge >= 0.3 is 6.18 Å². The summed E-state index contributed by atoms with van der Waals surface area (Å²) in [6.07, 6.45) is -3.60. The normalized spacial score (nSPS) is 15.2. The number of H-pyrrole nitrogens is 1. The summed E-state index contributed by atoms with van der Waals surface area (Å²) in [4.78, 5) is 25.7. The molecule has 1 aliphatic carbocycles. The molecule has 1 N–H and O–H groups in total. The molecule has 0 atom stereocenters. The Bertz CT molecular complexity index is 987. The average Bonchev–Trinajstić information content (AvgIpc) is 3.38. The molecular weight excluding hydrogens is 359 g/mol. The number of nitrogens with one attached hydrogen (secondary N) is 1. The van der Waals surface area contributed by atoms with Crippen LogP contribution < -0.4 is 5.56 Å². The predicted octanol–water partition coefficient (Wildman–Crippen LogP) is 2.56. The highest BCUT2D eigenvalue weighted by molar-refractivity contribution is 7.92. The third-order valence-electron chi connectivity index (χ3n) is 3.87. The van der Waals surface area contributed by atoms with Gasteiger partial charge in [0, 0.05) is 5.56 Å². The van der Waals surface area contributed by atoms with E-state index < -0.39 is 32.9 Å². The molecule has 1 fully saturated rings. The summed E-state index contributed by atoms with van der Waals surface area (Å²) in [5, 5.41) is -0.389. The lowest BCUT2D eigenvalue weighted by atomic mass is 10.1. The van der Waals surface area contributed by atoms with Crippen LogP contribution in [-0.2, 0) is 16.0 Å². The molecule has 132 valence electrons. The summed E-state index contributed by atoms with van der Waals surface area (Å²) >= 11 is 0. The number of aromatic amines is 1. The zero-order chi connectivity index (χ0) is 18.4. The van der Waals surface area contributed by atoms with E-state index in [9.17, 15) is 31.2 Å². The Hall–Kier alpha value is -2.42. The largest absolute Gasteiger partial charge is 0.421 e. The molecule has 3 rings (SSSR count). The summed E-state index contributed by atoms with van der Waals surface area (Å²) in [5.41, 5.74) is -3.05. The number of ketones is 1. The van der Waals surface area contributed by atoms with E-state index in [-0.39, 0.29) is 21.4 Å². The van der Waals surface area contributed by atoms with Crippen molar-refractivity contribution in [1.82, 2.24) is 4.98 Å². The van der Waals surface area contributed by atoms with Gasteiger partial charge < -0.3 is 4.98 Å². The van der Waals surface area contributed by atoms with Crippen molar-refractivity contribution in [1.29, 1.82) is 0 Å². The van der Waals surface area contributed by atoms with E-state index in [1.807, 2.05) is 4.98 Å². The monoisotopic (exact) mass is 371 g/mol. The molecule has 0 amide bonds. The Labute approximate surface area is 140 Å². The fraction of sp³-hybridized carbons (Fsp3) is 0.250. The SMILES string of the molecule is O=C(c1ccc(S(=O)(=O)C2CC2)cc1)c1ccc(C(F)(F)F)c(=O)[nH]1. The molecule has 2 aromatic rings. The summed E-state index contributed by atoms with van der Waals surface area (Å²) < 4.78 is 61.9. The number of aromatic nitrogens is 1. The predicted molar refractivity (Wildman–Crippen MR) is 82.1 cm³/mol. The van der Waals surface area contributed by atoms with Gasteiger partial charge in [0.15, 0.2) is 9.84 Å². The molecule has 1 aromatic carbocycles. The zero-order valence-electron chi connectivity index (χ0n) is 12.6. The summed E-state index contributed by atoms with van der Waals surface area (Å²) in [6, 6.07) is 6.52. The number of hydrogen-bond donors (Lipinski definition) is 1. The molecule has 0 radical (unpaired) electrons. The van der Waals surface area contributed by atoms with Gasteiger partial charge in [-0.2, -0.15) is 13.2 Å². The van der Waals surface area contributed by atoms with E-state index in [1.54, 1.807) is 0 Å². The van der Waals surface area contributed by atoms with Crippen LogP contribution in [0.3, 0.4) is 0 Å². The Morgan fingerprint density at radius 2 is 1.64 bits per heavy atom. The Morgan fingerprint density at radius 1 is 1.04 bits per heavy atom. The van der Waals surface area contributed by atoms with Crippen molar-refractivity contribution in [2.75, 3.05) is 0 Å². The van der Waals surface area contributed by atoms with Gasteiger partial charge in [-0.25, -0.2) is 8.42 Å². The fourth-order valence-electron chi connectivity index (χ4n) is 2.35. The van der Waals surface area contributed by atoms with E-state index in [0.29, 0.717) is 18.9 Å². The van der Waals surface area contributed by atoms with E-state index in [1.165, 1.54) is 24.3 Å². The van der Waals surface area contributed by atoms with Crippen molar-refractivity contribution in [2.24, 2.45) is 0 Å². The molecule has 25 heavy (non-hydrogen) atoms. The molecule has 0 saturated heterocycles. The van der Waals surface area contributed by atoms with Crippen LogP contribution in [0, 0.1) is 0 Å². The van der Waals surface area contributed by atoms with Crippen LogP contribution in [0.4, 0.5) is 13.2 Å². The lowest BCUT2D eigenvalue weighted by molar-refractivity contribution is -0.138. The van der Waals surface area contributed by atoms with Gasteiger partial charge in [0.05, 0.1) is 15.8 Å². The highest BCUT2D eigenvalue weighted by Crippen LogP contribution is 2.33. The van der Waals surface area contributed by atoms with Crippen LogP contribution >= 0.6 is 0 Å². The number of alkyl halides is 3. The molecule has 1 aliphatic rings. The van der Waals surface area contributed by atoms with Crippen molar-refractivity contribution >= 4 is 15.6 Å². The maximum Gasteiger partial charge on any atom is 0.421 e.